The fourth-order valence-corrected chi connectivity index (χ4v) is 2.45. The summed E-state index contributed by atoms with van der Waals surface area (Å²) < 4.78 is 0. The van der Waals surface area contributed by atoms with Crippen LogP contribution in [0.5, 0.6) is 0 Å². The van der Waals surface area contributed by atoms with Gasteiger partial charge < -0.3 is 10.2 Å². The van der Waals surface area contributed by atoms with Crippen LogP contribution in [0.3, 0.4) is 0 Å². The average molecular weight is 260 g/mol. The molecule has 1 N–H and O–H groups in total. The third kappa shape index (κ3) is 3.81. The number of rotatable bonds is 4. The third-order valence-corrected chi connectivity index (χ3v) is 3.65. The lowest BCUT2D eigenvalue weighted by Gasteiger charge is -2.33. The SMILES string of the molecule is CC(=O)NCC1CCN(c2ccc(C=O)cc2)CC1. The molecule has 0 aromatic heterocycles. The Morgan fingerprint density at radius 3 is 2.47 bits per heavy atom. The molecule has 0 saturated carbocycles. The van der Waals surface area contributed by atoms with Crippen LogP contribution in [0.1, 0.15) is 30.1 Å². The minimum Gasteiger partial charge on any atom is -0.372 e. The molecule has 0 spiro atoms. The summed E-state index contributed by atoms with van der Waals surface area (Å²) in [6.45, 7) is 4.35. The molecule has 2 rings (SSSR count). The first-order valence-electron chi connectivity index (χ1n) is 6.73. The second-order valence-electron chi connectivity index (χ2n) is 5.08. The molecule has 0 aliphatic carbocycles. The van der Waals surface area contributed by atoms with Crippen LogP contribution in [-0.2, 0) is 4.79 Å². The van der Waals surface area contributed by atoms with Gasteiger partial charge in [0.1, 0.15) is 6.29 Å². The first-order chi connectivity index (χ1) is 9.19. The molecule has 1 aromatic carbocycles. The summed E-state index contributed by atoms with van der Waals surface area (Å²) in [6.07, 6.45) is 3.05. The fraction of sp³-hybridized carbons (Fsp3) is 0.467. The molecule has 1 heterocycles. The van der Waals surface area contributed by atoms with Gasteiger partial charge in [-0.25, -0.2) is 0 Å². The highest BCUT2D eigenvalue weighted by atomic mass is 16.1. The van der Waals surface area contributed by atoms with E-state index in [1.807, 2.05) is 24.3 Å². The number of hydrogen-bond donors (Lipinski definition) is 1. The van der Waals surface area contributed by atoms with Gasteiger partial charge in [0.25, 0.3) is 0 Å². The van der Waals surface area contributed by atoms with Crippen molar-refractivity contribution in [3.63, 3.8) is 0 Å². The summed E-state index contributed by atoms with van der Waals surface area (Å²) in [7, 11) is 0. The van der Waals surface area contributed by atoms with Crippen LogP contribution in [0, 0.1) is 5.92 Å². The molecule has 0 bridgehead atoms. The summed E-state index contributed by atoms with van der Waals surface area (Å²) in [5.74, 6) is 0.626. The Morgan fingerprint density at radius 2 is 1.95 bits per heavy atom. The Balaban J connectivity index is 1.85. The van der Waals surface area contributed by atoms with Gasteiger partial charge in [-0.2, -0.15) is 0 Å². The van der Waals surface area contributed by atoms with E-state index in [4.69, 9.17) is 0 Å². The summed E-state index contributed by atoms with van der Waals surface area (Å²) >= 11 is 0. The number of nitrogens with zero attached hydrogens (tertiary/aromatic N) is 1. The van der Waals surface area contributed by atoms with Gasteiger partial charge in [-0.3, -0.25) is 9.59 Å². The summed E-state index contributed by atoms with van der Waals surface area (Å²) in [5.41, 5.74) is 1.88. The van der Waals surface area contributed by atoms with Crippen molar-refractivity contribution in [2.45, 2.75) is 19.8 Å². The van der Waals surface area contributed by atoms with E-state index in [1.165, 1.54) is 5.69 Å². The summed E-state index contributed by atoms with van der Waals surface area (Å²) in [5, 5.41) is 2.89. The number of carbonyl (C=O) groups excluding carboxylic acids is 2. The molecule has 4 nitrogen and oxygen atoms in total. The minimum absolute atomic E-state index is 0.0480. The Hall–Kier alpha value is -1.84. The first kappa shape index (κ1) is 13.6. The number of amides is 1. The number of nitrogens with one attached hydrogen (secondary N) is 1. The zero-order valence-electron chi connectivity index (χ0n) is 11.3. The number of piperidine rings is 1. The summed E-state index contributed by atoms with van der Waals surface area (Å²) in [4.78, 5) is 23.8. The number of carbonyl (C=O) groups is 2. The van der Waals surface area contributed by atoms with E-state index < -0.39 is 0 Å². The molecule has 1 aliphatic heterocycles. The first-order valence-corrected chi connectivity index (χ1v) is 6.73. The van der Waals surface area contributed by atoms with Gasteiger partial charge in [0, 0.05) is 37.8 Å². The Morgan fingerprint density at radius 1 is 1.32 bits per heavy atom. The molecule has 19 heavy (non-hydrogen) atoms. The minimum atomic E-state index is 0.0480. The molecule has 1 aromatic rings. The van der Waals surface area contributed by atoms with E-state index in [2.05, 4.69) is 10.2 Å². The maximum Gasteiger partial charge on any atom is 0.216 e. The van der Waals surface area contributed by atoms with Crippen LogP contribution in [-0.4, -0.2) is 31.8 Å². The van der Waals surface area contributed by atoms with Crippen LogP contribution in [0.2, 0.25) is 0 Å². The van der Waals surface area contributed by atoms with Crippen molar-refractivity contribution in [3.05, 3.63) is 29.8 Å². The second kappa shape index (κ2) is 6.36. The monoisotopic (exact) mass is 260 g/mol. The molecule has 0 radical (unpaired) electrons. The van der Waals surface area contributed by atoms with Crippen molar-refractivity contribution in [1.82, 2.24) is 5.32 Å². The Kier molecular flexibility index (Phi) is 4.55. The number of hydrogen-bond acceptors (Lipinski definition) is 3. The van der Waals surface area contributed by atoms with E-state index in [9.17, 15) is 9.59 Å². The van der Waals surface area contributed by atoms with Crippen molar-refractivity contribution in [2.75, 3.05) is 24.5 Å². The molecule has 1 amide bonds. The molecular formula is C15H20N2O2. The number of aldehydes is 1. The lowest BCUT2D eigenvalue weighted by atomic mass is 9.96. The molecule has 1 fully saturated rings. The van der Waals surface area contributed by atoms with Crippen molar-refractivity contribution < 1.29 is 9.59 Å². The zero-order chi connectivity index (χ0) is 13.7. The van der Waals surface area contributed by atoms with Crippen LogP contribution >= 0.6 is 0 Å². The van der Waals surface area contributed by atoms with Gasteiger partial charge in [-0.05, 0) is 43.0 Å². The quantitative estimate of drug-likeness (QED) is 0.841. The molecule has 0 unspecified atom stereocenters. The molecule has 1 aliphatic rings. The highest BCUT2D eigenvalue weighted by Gasteiger charge is 2.19. The molecule has 0 atom stereocenters. The zero-order valence-corrected chi connectivity index (χ0v) is 11.3. The van der Waals surface area contributed by atoms with Crippen molar-refractivity contribution in [3.8, 4) is 0 Å². The third-order valence-electron chi connectivity index (χ3n) is 3.65. The number of benzene rings is 1. The highest BCUT2D eigenvalue weighted by Crippen LogP contribution is 2.23. The van der Waals surface area contributed by atoms with Crippen LogP contribution in [0.25, 0.3) is 0 Å². The van der Waals surface area contributed by atoms with Gasteiger partial charge in [0.15, 0.2) is 0 Å². The van der Waals surface area contributed by atoms with E-state index in [-0.39, 0.29) is 5.91 Å². The van der Waals surface area contributed by atoms with Gasteiger partial charge in [-0.1, -0.05) is 0 Å². The van der Waals surface area contributed by atoms with Gasteiger partial charge in [-0.15, -0.1) is 0 Å². The standard InChI is InChI=1S/C15H20N2O2/c1-12(19)16-10-13-6-8-17(9-7-13)15-4-2-14(11-18)3-5-15/h2-5,11,13H,6-10H2,1H3,(H,16,19). The van der Waals surface area contributed by atoms with Crippen LogP contribution in [0.4, 0.5) is 5.69 Å². The predicted molar refractivity (Wildman–Crippen MR) is 75.5 cm³/mol. The van der Waals surface area contributed by atoms with E-state index in [0.29, 0.717) is 11.5 Å². The lowest BCUT2D eigenvalue weighted by molar-refractivity contribution is -0.119. The van der Waals surface area contributed by atoms with Crippen molar-refractivity contribution in [2.24, 2.45) is 5.92 Å². The van der Waals surface area contributed by atoms with Crippen LogP contribution in [0.15, 0.2) is 24.3 Å². The van der Waals surface area contributed by atoms with E-state index in [1.54, 1.807) is 6.92 Å². The Labute approximate surface area is 113 Å². The van der Waals surface area contributed by atoms with Gasteiger partial charge >= 0.3 is 0 Å². The smallest absolute Gasteiger partial charge is 0.216 e. The van der Waals surface area contributed by atoms with Crippen molar-refractivity contribution >= 4 is 17.9 Å². The fourth-order valence-electron chi connectivity index (χ4n) is 2.45. The maximum absolute atomic E-state index is 10.9. The molecular weight excluding hydrogens is 240 g/mol. The molecule has 102 valence electrons. The Bertz CT molecular complexity index is 434. The average Bonchev–Trinajstić information content (AvgIpc) is 2.46. The lowest BCUT2D eigenvalue weighted by Crippen LogP contribution is -2.38. The normalized spacial score (nSPS) is 16.2. The molecule has 4 heteroatoms. The maximum atomic E-state index is 10.9. The topological polar surface area (TPSA) is 49.4 Å². The number of anilines is 1. The van der Waals surface area contributed by atoms with Crippen molar-refractivity contribution in [1.29, 1.82) is 0 Å². The largest absolute Gasteiger partial charge is 0.372 e. The predicted octanol–water partition coefficient (Wildman–Crippen LogP) is 1.85. The summed E-state index contributed by atoms with van der Waals surface area (Å²) in [6, 6.07) is 7.70. The van der Waals surface area contributed by atoms with Gasteiger partial charge in [0.05, 0.1) is 0 Å². The van der Waals surface area contributed by atoms with Gasteiger partial charge in [0.2, 0.25) is 5.91 Å². The second-order valence-corrected chi connectivity index (χ2v) is 5.08. The van der Waals surface area contributed by atoms with E-state index in [0.717, 1.165) is 38.8 Å². The molecule has 1 saturated heterocycles. The highest BCUT2D eigenvalue weighted by molar-refractivity contribution is 5.75. The van der Waals surface area contributed by atoms with Crippen LogP contribution < -0.4 is 10.2 Å². The van der Waals surface area contributed by atoms with E-state index >= 15 is 0 Å².